The molecule has 1 aliphatic carbocycles. The van der Waals surface area contributed by atoms with Crippen LogP contribution in [-0.2, 0) is 16.0 Å². The molecule has 0 bridgehead atoms. The molecule has 1 N–H and O–H groups in total. The van der Waals surface area contributed by atoms with Crippen molar-refractivity contribution in [1.29, 1.82) is 0 Å². The second-order valence-electron chi connectivity index (χ2n) is 4.63. The molecule has 1 unspecified atom stereocenters. The molecule has 1 saturated heterocycles. The molecule has 1 heterocycles. The number of nitrogens with zero attached hydrogens (tertiary/aromatic N) is 1. The summed E-state index contributed by atoms with van der Waals surface area (Å²) >= 11 is 0. The Morgan fingerprint density at radius 3 is 2.72 bits per heavy atom. The van der Waals surface area contributed by atoms with Gasteiger partial charge in [-0.1, -0.05) is 24.3 Å². The number of rotatable bonds is 2. The quantitative estimate of drug-likeness (QED) is 0.782. The Kier molecular flexibility index (Phi) is 2.40. The van der Waals surface area contributed by atoms with Crippen LogP contribution in [0.4, 0.5) is 4.79 Å². The normalized spacial score (nSPS) is 22.3. The van der Waals surface area contributed by atoms with Crippen molar-refractivity contribution in [2.24, 2.45) is 0 Å². The first-order valence-corrected chi connectivity index (χ1v) is 5.87. The summed E-state index contributed by atoms with van der Waals surface area (Å²) in [6.45, 7) is 0.356. The van der Waals surface area contributed by atoms with Crippen LogP contribution >= 0.6 is 0 Å². The fourth-order valence-corrected chi connectivity index (χ4v) is 2.51. The lowest BCUT2D eigenvalue weighted by atomic mass is 9.77. The molecule has 0 spiro atoms. The highest BCUT2D eigenvalue weighted by Crippen LogP contribution is 2.35. The summed E-state index contributed by atoms with van der Waals surface area (Å²) in [6.07, 6.45) is 0.640. The number of fused-ring (bicyclic) bond motifs is 1. The van der Waals surface area contributed by atoms with Gasteiger partial charge in [0.25, 0.3) is 0 Å². The van der Waals surface area contributed by atoms with E-state index in [1.165, 1.54) is 11.1 Å². The third-order valence-electron chi connectivity index (χ3n) is 3.47. The van der Waals surface area contributed by atoms with Crippen molar-refractivity contribution in [3.05, 3.63) is 35.4 Å². The van der Waals surface area contributed by atoms with Crippen LogP contribution in [0, 0.1) is 0 Å². The molecule has 0 aromatic heterocycles. The van der Waals surface area contributed by atoms with Crippen LogP contribution in [-0.4, -0.2) is 29.3 Å². The first-order valence-electron chi connectivity index (χ1n) is 5.87. The largest absolute Gasteiger partial charge is 0.330 e. The molecular weight excluding hydrogens is 232 g/mol. The van der Waals surface area contributed by atoms with Crippen LogP contribution in [0.1, 0.15) is 23.5 Å². The highest BCUT2D eigenvalue weighted by atomic mass is 16.2. The molecule has 3 rings (SSSR count). The Bertz CT molecular complexity index is 533. The van der Waals surface area contributed by atoms with E-state index in [0.29, 0.717) is 6.54 Å². The third kappa shape index (κ3) is 1.68. The number of benzene rings is 1. The van der Waals surface area contributed by atoms with E-state index in [4.69, 9.17) is 0 Å². The van der Waals surface area contributed by atoms with E-state index in [-0.39, 0.29) is 12.3 Å². The number of imide groups is 2. The highest BCUT2D eigenvalue weighted by Gasteiger charge is 2.35. The molecule has 1 aliphatic heterocycles. The number of hydrogen-bond acceptors (Lipinski definition) is 3. The van der Waals surface area contributed by atoms with Gasteiger partial charge in [0.15, 0.2) is 0 Å². The van der Waals surface area contributed by atoms with Crippen LogP contribution in [0.2, 0.25) is 0 Å². The Morgan fingerprint density at radius 2 is 2.00 bits per heavy atom. The van der Waals surface area contributed by atoms with Gasteiger partial charge in [0.1, 0.15) is 6.42 Å². The van der Waals surface area contributed by atoms with Crippen molar-refractivity contribution < 1.29 is 14.4 Å². The predicted octanol–water partition coefficient (Wildman–Crippen LogP) is 0.795. The number of carbonyl (C=O) groups excluding carboxylic acids is 3. The molecule has 1 atom stereocenters. The SMILES string of the molecule is O=C1CC(=O)N(CC2Cc3ccccc32)C(=O)N1. The van der Waals surface area contributed by atoms with Gasteiger partial charge in [0.2, 0.25) is 11.8 Å². The predicted molar refractivity (Wildman–Crippen MR) is 62.8 cm³/mol. The molecule has 2 aliphatic rings. The number of barbiturate groups is 1. The summed E-state index contributed by atoms with van der Waals surface area (Å²) in [5.74, 6) is -0.729. The summed E-state index contributed by atoms with van der Waals surface area (Å²) < 4.78 is 0. The van der Waals surface area contributed by atoms with Crippen molar-refractivity contribution in [3.63, 3.8) is 0 Å². The van der Waals surface area contributed by atoms with Crippen molar-refractivity contribution in [3.8, 4) is 0 Å². The molecule has 0 radical (unpaired) electrons. The number of hydrogen-bond donors (Lipinski definition) is 1. The van der Waals surface area contributed by atoms with Gasteiger partial charge in [-0.2, -0.15) is 0 Å². The van der Waals surface area contributed by atoms with Crippen LogP contribution in [0.5, 0.6) is 0 Å². The van der Waals surface area contributed by atoms with Gasteiger partial charge in [-0.05, 0) is 17.5 Å². The lowest BCUT2D eigenvalue weighted by Crippen LogP contribution is -2.54. The van der Waals surface area contributed by atoms with Gasteiger partial charge in [-0.3, -0.25) is 19.8 Å². The van der Waals surface area contributed by atoms with E-state index < -0.39 is 17.8 Å². The Labute approximate surface area is 104 Å². The van der Waals surface area contributed by atoms with E-state index in [9.17, 15) is 14.4 Å². The standard InChI is InChI=1S/C13H12N2O3/c16-11-6-12(17)15(13(18)14-11)7-9-5-8-3-1-2-4-10(8)9/h1-4,9H,5-7H2,(H,14,16,18). The fraction of sp³-hybridized carbons (Fsp3) is 0.308. The second-order valence-corrected chi connectivity index (χ2v) is 4.63. The molecule has 1 aromatic rings. The summed E-state index contributed by atoms with van der Waals surface area (Å²) in [5, 5.41) is 2.16. The van der Waals surface area contributed by atoms with E-state index >= 15 is 0 Å². The van der Waals surface area contributed by atoms with Gasteiger partial charge in [-0.15, -0.1) is 0 Å². The molecule has 4 amide bonds. The van der Waals surface area contributed by atoms with Crippen LogP contribution in [0.15, 0.2) is 24.3 Å². The second kappa shape index (κ2) is 3.94. The summed E-state index contributed by atoms with van der Waals surface area (Å²) in [4.78, 5) is 35.4. The van der Waals surface area contributed by atoms with Gasteiger partial charge in [0.05, 0.1) is 0 Å². The Hall–Kier alpha value is -2.17. The molecule has 1 aromatic carbocycles. The number of urea groups is 1. The number of carbonyl (C=O) groups is 3. The smallest absolute Gasteiger partial charge is 0.277 e. The topological polar surface area (TPSA) is 66.5 Å². The molecule has 5 heteroatoms. The average molecular weight is 244 g/mol. The van der Waals surface area contributed by atoms with E-state index in [0.717, 1.165) is 11.3 Å². The van der Waals surface area contributed by atoms with Gasteiger partial charge < -0.3 is 0 Å². The number of nitrogens with one attached hydrogen (secondary N) is 1. The van der Waals surface area contributed by atoms with Gasteiger partial charge >= 0.3 is 6.03 Å². The highest BCUT2D eigenvalue weighted by molar-refractivity contribution is 6.14. The van der Waals surface area contributed by atoms with Gasteiger partial charge in [-0.25, -0.2) is 4.79 Å². The summed E-state index contributed by atoms with van der Waals surface area (Å²) in [5.41, 5.74) is 2.46. The minimum absolute atomic E-state index is 0.198. The third-order valence-corrected chi connectivity index (χ3v) is 3.47. The Balaban J connectivity index is 1.73. The first kappa shape index (κ1) is 11.0. The molecule has 5 nitrogen and oxygen atoms in total. The molecule has 18 heavy (non-hydrogen) atoms. The van der Waals surface area contributed by atoms with E-state index in [1.807, 2.05) is 24.3 Å². The van der Waals surface area contributed by atoms with E-state index in [2.05, 4.69) is 5.32 Å². The summed E-state index contributed by atoms with van der Waals surface area (Å²) in [7, 11) is 0. The van der Waals surface area contributed by atoms with Crippen LogP contribution < -0.4 is 5.32 Å². The average Bonchev–Trinajstić information content (AvgIpc) is 2.28. The molecule has 0 saturated carbocycles. The lowest BCUT2D eigenvalue weighted by molar-refractivity contribution is -0.136. The molecule has 1 fully saturated rings. The number of amides is 4. The first-order chi connectivity index (χ1) is 8.65. The maximum absolute atomic E-state index is 11.6. The van der Waals surface area contributed by atoms with Gasteiger partial charge in [0, 0.05) is 12.5 Å². The maximum Gasteiger partial charge on any atom is 0.330 e. The molecular formula is C13H12N2O3. The van der Waals surface area contributed by atoms with Crippen molar-refractivity contribution >= 4 is 17.8 Å². The maximum atomic E-state index is 11.6. The fourth-order valence-electron chi connectivity index (χ4n) is 2.51. The monoisotopic (exact) mass is 244 g/mol. The zero-order valence-electron chi connectivity index (χ0n) is 9.68. The zero-order valence-corrected chi connectivity index (χ0v) is 9.68. The van der Waals surface area contributed by atoms with Crippen LogP contribution in [0.25, 0.3) is 0 Å². The minimum atomic E-state index is -0.597. The lowest BCUT2D eigenvalue weighted by Gasteiger charge is -2.35. The van der Waals surface area contributed by atoms with Crippen LogP contribution in [0.3, 0.4) is 0 Å². The van der Waals surface area contributed by atoms with E-state index in [1.54, 1.807) is 0 Å². The Morgan fingerprint density at radius 1 is 1.22 bits per heavy atom. The van der Waals surface area contributed by atoms with Crippen molar-refractivity contribution in [2.45, 2.75) is 18.8 Å². The minimum Gasteiger partial charge on any atom is -0.277 e. The molecule has 92 valence electrons. The summed E-state index contributed by atoms with van der Waals surface area (Å²) in [6, 6.07) is 7.40. The van der Waals surface area contributed by atoms with Crippen molar-refractivity contribution in [1.82, 2.24) is 10.2 Å². The zero-order chi connectivity index (χ0) is 12.7. The van der Waals surface area contributed by atoms with Crippen molar-refractivity contribution in [2.75, 3.05) is 6.54 Å².